The molecule has 0 bridgehead atoms. The van der Waals surface area contributed by atoms with Crippen molar-refractivity contribution < 1.29 is 18.3 Å². The second-order valence-corrected chi connectivity index (χ2v) is 3.88. The number of nitrogens with zero attached hydrogens (tertiary/aromatic N) is 2. The Kier molecular flexibility index (Phi) is 5.16. The molecule has 0 fully saturated rings. The Morgan fingerprint density at radius 2 is 2.33 bits per heavy atom. The fourth-order valence-electron chi connectivity index (χ4n) is 1.48. The van der Waals surface area contributed by atoms with Gasteiger partial charge < -0.3 is 4.74 Å². The number of hydrogen-bond donors (Lipinski definition) is 0. The molecule has 0 saturated heterocycles. The summed E-state index contributed by atoms with van der Waals surface area (Å²) in [5.74, 6) is -0.635. The molecule has 0 radical (unpaired) electrons. The zero-order valence-electron chi connectivity index (χ0n) is 9.41. The van der Waals surface area contributed by atoms with E-state index in [2.05, 4.69) is 25.7 Å². The number of ether oxygens (including phenoxy) is 1. The molecule has 0 spiro atoms. The molecule has 1 rings (SSSR count). The van der Waals surface area contributed by atoms with Gasteiger partial charge in [-0.2, -0.15) is 5.26 Å². The van der Waals surface area contributed by atoms with Gasteiger partial charge in [0, 0.05) is 22.7 Å². The van der Waals surface area contributed by atoms with Crippen LogP contribution < -0.4 is 0 Å². The van der Waals surface area contributed by atoms with Crippen molar-refractivity contribution in [1.82, 2.24) is 4.98 Å². The summed E-state index contributed by atoms with van der Waals surface area (Å²) < 4.78 is 30.5. The molecule has 0 N–H and O–H groups in total. The number of hydrogen-bond acceptors (Lipinski definition) is 4. The summed E-state index contributed by atoms with van der Waals surface area (Å²) in [6.45, 7) is 0. The van der Waals surface area contributed by atoms with Gasteiger partial charge in [-0.1, -0.05) is 15.9 Å². The highest BCUT2D eigenvalue weighted by molar-refractivity contribution is 9.08. The first-order chi connectivity index (χ1) is 8.54. The minimum atomic E-state index is -2.78. The van der Waals surface area contributed by atoms with Gasteiger partial charge in [0.15, 0.2) is 0 Å². The van der Waals surface area contributed by atoms with E-state index in [1.54, 1.807) is 6.07 Å². The largest absolute Gasteiger partial charge is 0.469 e. The number of carbonyl (C=O) groups is 1. The molecule has 0 aliphatic rings. The van der Waals surface area contributed by atoms with Crippen molar-refractivity contribution in [2.24, 2.45) is 0 Å². The molecule has 1 aromatic heterocycles. The van der Waals surface area contributed by atoms with Crippen molar-refractivity contribution in [3.63, 3.8) is 0 Å². The Morgan fingerprint density at radius 3 is 2.78 bits per heavy atom. The van der Waals surface area contributed by atoms with E-state index in [0.717, 1.165) is 6.20 Å². The van der Waals surface area contributed by atoms with E-state index in [1.165, 1.54) is 7.11 Å². The zero-order valence-corrected chi connectivity index (χ0v) is 11.0. The number of rotatable bonds is 4. The molecule has 0 unspecified atom stereocenters. The monoisotopic (exact) mass is 318 g/mol. The molecule has 0 saturated carbocycles. The molecule has 96 valence electrons. The number of pyridine rings is 1. The second kappa shape index (κ2) is 6.40. The molecule has 18 heavy (non-hydrogen) atoms. The van der Waals surface area contributed by atoms with Crippen LogP contribution in [0, 0.1) is 11.3 Å². The first-order valence-electron chi connectivity index (χ1n) is 4.86. The lowest BCUT2D eigenvalue weighted by Gasteiger charge is -2.12. The molecule has 0 atom stereocenters. The molecule has 0 amide bonds. The summed E-state index contributed by atoms with van der Waals surface area (Å²) in [6, 6.07) is 1.75. The normalized spacial score (nSPS) is 10.2. The molecule has 7 heteroatoms. The van der Waals surface area contributed by atoms with E-state index in [4.69, 9.17) is 5.26 Å². The van der Waals surface area contributed by atoms with Crippen LogP contribution in [-0.4, -0.2) is 18.1 Å². The van der Waals surface area contributed by atoms with Gasteiger partial charge in [0.05, 0.1) is 13.5 Å². The quantitative estimate of drug-likeness (QED) is 0.632. The number of esters is 1. The number of carbonyl (C=O) groups excluding carboxylic acids is 1. The van der Waals surface area contributed by atoms with E-state index >= 15 is 0 Å². The molecule has 0 aromatic carbocycles. The van der Waals surface area contributed by atoms with Crippen molar-refractivity contribution in [3.05, 3.63) is 28.6 Å². The first-order valence-corrected chi connectivity index (χ1v) is 5.99. The Hall–Kier alpha value is -1.55. The van der Waals surface area contributed by atoms with Gasteiger partial charge in [-0.3, -0.25) is 4.79 Å². The lowest BCUT2D eigenvalue weighted by molar-refractivity contribution is -0.139. The molecular weight excluding hydrogens is 310 g/mol. The highest BCUT2D eigenvalue weighted by Crippen LogP contribution is 2.30. The number of alkyl halides is 3. The topological polar surface area (TPSA) is 63.0 Å². The standard InChI is InChI=1S/C11H9BrF2N2O2/c1-18-9(17)2-6-5-16-8(4-15)7(3-12)10(6)11(13)14/h5,11H,2-3H2,1H3. The van der Waals surface area contributed by atoms with Crippen LogP contribution in [-0.2, 0) is 21.3 Å². The SMILES string of the molecule is COC(=O)Cc1cnc(C#N)c(CBr)c1C(F)F. The highest BCUT2D eigenvalue weighted by Gasteiger charge is 2.22. The van der Waals surface area contributed by atoms with Crippen molar-refractivity contribution in [3.8, 4) is 6.07 Å². The fourth-order valence-corrected chi connectivity index (χ4v) is 2.05. The zero-order chi connectivity index (χ0) is 13.7. The Morgan fingerprint density at radius 1 is 1.67 bits per heavy atom. The van der Waals surface area contributed by atoms with Crippen molar-refractivity contribution in [2.75, 3.05) is 7.11 Å². The number of aromatic nitrogens is 1. The van der Waals surface area contributed by atoms with Crippen LogP contribution in [0.4, 0.5) is 8.78 Å². The number of halogens is 3. The number of methoxy groups -OCH3 is 1. The van der Waals surface area contributed by atoms with E-state index in [9.17, 15) is 13.6 Å². The van der Waals surface area contributed by atoms with Crippen molar-refractivity contribution in [1.29, 1.82) is 5.26 Å². The van der Waals surface area contributed by atoms with Crippen LogP contribution in [0.2, 0.25) is 0 Å². The van der Waals surface area contributed by atoms with Gasteiger partial charge in [0.25, 0.3) is 6.43 Å². The average molecular weight is 319 g/mol. The van der Waals surface area contributed by atoms with Crippen LogP contribution in [0.15, 0.2) is 6.20 Å². The predicted molar refractivity (Wildman–Crippen MR) is 62.3 cm³/mol. The summed E-state index contributed by atoms with van der Waals surface area (Å²) in [6.07, 6.45) is -1.97. The minimum absolute atomic E-state index is 0.0670. The summed E-state index contributed by atoms with van der Waals surface area (Å²) in [5.41, 5.74) is -0.223. The molecule has 0 aliphatic heterocycles. The van der Waals surface area contributed by atoms with Crippen molar-refractivity contribution >= 4 is 21.9 Å². The van der Waals surface area contributed by atoms with Crippen LogP contribution in [0.3, 0.4) is 0 Å². The molecule has 1 heterocycles. The van der Waals surface area contributed by atoms with Gasteiger partial charge in [0.1, 0.15) is 11.8 Å². The Balaban J connectivity index is 3.35. The number of nitriles is 1. The van der Waals surface area contributed by atoms with E-state index in [-0.39, 0.29) is 34.1 Å². The van der Waals surface area contributed by atoms with Crippen LogP contribution >= 0.6 is 15.9 Å². The Bertz CT molecular complexity index is 501. The van der Waals surface area contributed by atoms with E-state index < -0.39 is 12.4 Å². The van der Waals surface area contributed by atoms with Crippen LogP contribution in [0.1, 0.15) is 28.8 Å². The van der Waals surface area contributed by atoms with E-state index in [1.807, 2.05) is 0 Å². The minimum Gasteiger partial charge on any atom is -0.469 e. The van der Waals surface area contributed by atoms with Crippen molar-refractivity contribution in [2.45, 2.75) is 18.2 Å². The van der Waals surface area contributed by atoms with Gasteiger partial charge in [0.2, 0.25) is 0 Å². The third kappa shape index (κ3) is 3.01. The lowest BCUT2D eigenvalue weighted by atomic mass is 10.0. The molecular formula is C11H9BrF2N2O2. The lowest BCUT2D eigenvalue weighted by Crippen LogP contribution is -2.11. The second-order valence-electron chi connectivity index (χ2n) is 3.32. The molecule has 4 nitrogen and oxygen atoms in total. The maximum Gasteiger partial charge on any atom is 0.310 e. The fraction of sp³-hybridized carbons (Fsp3) is 0.364. The first kappa shape index (κ1) is 14.5. The summed E-state index contributed by atoms with van der Waals surface area (Å²) in [5, 5.41) is 8.87. The third-order valence-corrected chi connectivity index (χ3v) is 2.89. The maximum atomic E-state index is 13.0. The highest BCUT2D eigenvalue weighted by atomic mass is 79.9. The van der Waals surface area contributed by atoms with Gasteiger partial charge in [-0.15, -0.1) is 0 Å². The van der Waals surface area contributed by atoms with E-state index in [0.29, 0.717) is 0 Å². The van der Waals surface area contributed by atoms with Gasteiger partial charge in [-0.05, 0) is 5.56 Å². The third-order valence-electron chi connectivity index (χ3n) is 2.33. The molecule has 0 aliphatic carbocycles. The van der Waals surface area contributed by atoms with Crippen LogP contribution in [0.25, 0.3) is 0 Å². The Labute approximate surface area is 111 Å². The van der Waals surface area contributed by atoms with Crippen LogP contribution in [0.5, 0.6) is 0 Å². The smallest absolute Gasteiger partial charge is 0.310 e. The van der Waals surface area contributed by atoms with Gasteiger partial charge in [-0.25, -0.2) is 13.8 Å². The maximum absolute atomic E-state index is 13.0. The predicted octanol–water partition coefficient (Wildman–Crippen LogP) is 2.50. The van der Waals surface area contributed by atoms with Gasteiger partial charge >= 0.3 is 5.97 Å². The summed E-state index contributed by atoms with van der Waals surface area (Å²) >= 11 is 3.05. The average Bonchev–Trinajstić information content (AvgIpc) is 2.37. The summed E-state index contributed by atoms with van der Waals surface area (Å²) in [7, 11) is 1.17. The summed E-state index contributed by atoms with van der Waals surface area (Å²) in [4.78, 5) is 14.9. The molecule has 1 aromatic rings.